The quantitative estimate of drug-likeness (QED) is 0.807. The summed E-state index contributed by atoms with van der Waals surface area (Å²) in [6.07, 6.45) is 4.02. The SMILES string of the molecule is O=C(NC(Cc1ccccc1)C(=O)O)C1CCN(C2CCOCC2)CC1. The van der Waals surface area contributed by atoms with Crippen LogP contribution in [0.25, 0.3) is 0 Å². The summed E-state index contributed by atoms with van der Waals surface area (Å²) in [4.78, 5) is 26.6. The summed E-state index contributed by atoms with van der Waals surface area (Å²) >= 11 is 0. The highest BCUT2D eigenvalue weighted by Crippen LogP contribution is 2.23. The third-order valence-electron chi connectivity index (χ3n) is 5.50. The number of likely N-dealkylation sites (tertiary alicyclic amines) is 1. The molecule has 6 nitrogen and oxygen atoms in total. The predicted octanol–water partition coefficient (Wildman–Crippen LogP) is 1.69. The normalized spacial score (nSPS) is 21.2. The fourth-order valence-electron chi connectivity index (χ4n) is 3.92. The topological polar surface area (TPSA) is 78.9 Å². The van der Waals surface area contributed by atoms with Crippen molar-refractivity contribution in [1.82, 2.24) is 10.2 Å². The number of aliphatic carboxylic acids is 1. The molecule has 142 valence electrons. The lowest BCUT2D eigenvalue weighted by atomic mass is 9.93. The Labute approximate surface area is 154 Å². The van der Waals surface area contributed by atoms with Crippen LogP contribution in [0.1, 0.15) is 31.2 Å². The molecule has 0 bridgehead atoms. The van der Waals surface area contributed by atoms with Crippen LogP contribution in [-0.4, -0.2) is 60.3 Å². The Bertz CT molecular complexity index is 593. The number of ether oxygens (including phenoxy) is 1. The number of rotatable bonds is 6. The van der Waals surface area contributed by atoms with Crippen molar-refractivity contribution in [3.63, 3.8) is 0 Å². The van der Waals surface area contributed by atoms with E-state index in [1.807, 2.05) is 30.3 Å². The van der Waals surface area contributed by atoms with E-state index in [1.165, 1.54) is 0 Å². The molecule has 0 radical (unpaired) electrons. The Hall–Kier alpha value is -1.92. The van der Waals surface area contributed by atoms with E-state index in [1.54, 1.807) is 0 Å². The van der Waals surface area contributed by atoms with Gasteiger partial charge < -0.3 is 20.1 Å². The van der Waals surface area contributed by atoms with Crippen molar-refractivity contribution in [3.05, 3.63) is 35.9 Å². The molecular formula is C20H28N2O4. The zero-order valence-corrected chi connectivity index (χ0v) is 15.1. The monoisotopic (exact) mass is 360 g/mol. The van der Waals surface area contributed by atoms with Crippen molar-refractivity contribution in [2.75, 3.05) is 26.3 Å². The van der Waals surface area contributed by atoms with E-state index < -0.39 is 12.0 Å². The number of nitrogens with one attached hydrogen (secondary N) is 1. The molecule has 0 saturated carbocycles. The van der Waals surface area contributed by atoms with Gasteiger partial charge in [0, 0.05) is 31.6 Å². The Morgan fingerprint density at radius 1 is 1.12 bits per heavy atom. The van der Waals surface area contributed by atoms with Crippen molar-refractivity contribution in [2.45, 2.75) is 44.2 Å². The summed E-state index contributed by atoms with van der Waals surface area (Å²) < 4.78 is 5.42. The maximum absolute atomic E-state index is 12.6. The van der Waals surface area contributed by atoms with Crippen LogP contribution in [0.2, 0.25) is 0 Å². The van der Waals surface area contributed by atoms with Crippen LogP contribution >= 0.6 is 0 Å². The fourth-order valence-corrected chi connectivity index (χ4v) is 3.92. The van der Waals surface area contributed by atoms with E-state index in [9.17, 15) is 14.7 Å². The molecule has 2 heterocycles. The van der Waals surface area contributed by atoms with Gasteiger partial charge in [-0.05, 0) is 44.3 Å². The average molecular weight is 360 g/mol. The molecule has 6 heteroatoms. The van der Waals surface area contributed by atoms with Crippen LogP contribution in [0.15, 0.2) is 30.3 Å². The molecule has 1 atom stereocenters. The smallest absolute Gasteiger partial charge is 0.326 e. The van der Waals surface area contributed by atoms with Gasteiger partial charge in [0.15, 0.2) is 0 Å². The lowest BCUT2D eigenvalue weighted by Crippen LogP contribution is -2.49. The zero-order valence-electron chi connectivity index (χ0n) is 15.1. The summed E-state index contributed by atoms with van der Waals surface area (Å²) in [7, 11) is 0. The van der Waals surface area contributed by atoms with Gasteiger partial charge in [-0.15, -0.1) is 0 Å². The average Bonchev–Trinajstić information content (AvgIpc) is 2.69. The highest BCUT2D eigenvalue weighted by atomic mass is 16.5. The van der Waals surface area contributed by atoms with Crippen LogP contribution in [0.3, 0.4) is 0 Å². The minimum Gasteiger partial charge on any atom is -0.480 e. The van der Waals surface area contributed by atoms with E-state index in [2.05, 4.69) is 10.2 Å². The lowest BCUT2D eigenvalue weighted by Gasteiger charge is -2.39. The molecule has 2 saturated heterocycles. The summed E-state index contributed by atoms with van der Waals surface area (Å²) in [5.41, 5.74) is 0.912. The van der Waals surface area contributed by atoms with E-state index in [0.29, 0.717) is 12.5 Å². The van der Waals surface area contributed by atoms with Gasteiger partial charge in [-0.1, -0.05) is 30.3 Å². The van der Waals surface area contributed by atoms with Gasteiger partial charge >= 0.3 is 5.97 Å². The highest BCUT2D eigenvalue weighted by Gasteiger charge is 2.31. The number of carbonyl (C=O) groups excluding carboxylic acids is 1. The summed E-state index contributed by atoms with van der Waals surface area (Å²) in [5.74, 6) is -1.20. The second kappa shape index (κ2) is 9.14. The van der Waals surface area contributed by atoms with Gasteiger partial charge in [-0.3, -0.25) is 4.79 Å². The van der Waals surface area contributed by atoms with Crippen LogP contribution in [0.4, 0.5) is 0 Å². The van der Waals surface area contributed by atoms with E-state index >= 15 is 0 Å². The first-order valence-electron chi connectivity index (χ1n) is 9.52. The first-order valence-corrected chi connectivity index (χ1v) is 9.52. The number of carbonyl (C=O) groups is 2. The van der Waals surface area contributed by atoms with Crippen molar-refractivity contribution in [1.29, 1.82) is 0 Å². The van der Waals surface area contributed by atoms with Crippen molar-refractivity contribution in [3.8, 4) is 0 Å². The molecule has 26 heavy (non-hydrogen) atoms. The van der Waals surface area contributed by atoms with E-state index in [-0.39, 0.29) is 11.8 Å². The molecule has 2 fully saturated rings. The number of benzene rings is 1. The molecule has 3 rings (SSSR count). The molecule has 1 unspecified atom stereocenters. The second-order valence-electron chi connectivity index (χ2n) is 7.24. The van der Waals surface area contributed by atoms with Crippen LogP contribution in [0, 0.1) is 5.92 Å². The van der Waals surface area contributed by atoms with Crippen molar-refractivity contribution >= 4 is 11.9 Å². The summed E-state index contributed by atoms with van der Waals surface area (Å²) in [6, 6.07) is 9.10. The fraction of sp³-hybridized carbons (Fsp3) is 0.600. The third kappa shape index (κ3) is 5.05. The zero-order chi connectivity index (χ0) is 18.4. The summed E-state index contributed by atoms with van der Waals surface area (Å²) in [6.45, 7) is 3.45. The van der Waals surface area contributed by atoms with Gasteiger partial charge in [0.1, 0.15) is 6.04 Å². The molecule has 0 spiro atoms. The Morgan fingerprint density at radius 3 is 2.38 bits per heavy atom. The second-order valence-corrected chi connectivity index (χ2v) is 7.24. The number of amides is 1. The number of hydrogen-bond acceptors (Lipinski definition) is 4. The van der Waals surface area contributed by atoms with Crippen LogP contribution in [0.5, 0.6) is 0 Å². The summed E-state index contributed by atoms with van der Waals surface area (Å²) in [5, 5.41) is 12.2. The van der Waals surface area contributed by atoms with Crippen molar-refractivity contribution < 1.29 is 19.4 Å². The van der Waals surface area contributed by atoms with Gasteiger partial charge in [0.2, 0.25) is 5.91 Å². The molecule has 1 aromatic carbocycles. The minimum absolute atomic E-state index is 0.0938. The molecule has 2 aliphatic rings. The highest BCUT2D eigenvalue weighted by molar-refractivity contribution is 5.85. The molecular weight excluding hydrogens is 332 g/mol. The minimum atomic E-state index is -0.984. The van der Waals surface area contributed by atoms with E-state index in [0.717, 1.165) is 57.6 Å². The maximum atomic E-state index is 12.6. The van der Waals surface area contributed by atoms with Gasteiger partial charge in [-0.2, -0.15) is 0 Å². The predicted molar refractivity (Wildman–Crippen MR) is 97.9 cm³/mol. The lowest BCUT2D eigenvalue weighted by molar-refractivity contribution is -0.142. The van der Waals surface area contributed by atoms with Crippen molar-refractivity contribution in [2.24, 2.45) is 5.92 Å². The first kappa shape index (κ1) is 18.9. The maximum Gasteiger partial charge on any atom is 0.326 e. The Morgan fingerprint density at radius 2 is 1.77 bits per heavy atom. The number of nitrogens with zero attached hydrogens (tertiary/aromatic N) is 1. The number of hydrogen-bond donors (Lipinski definition) is 2. The molecule has 1 amide bonds. The molecule has 2 aliphatic heterocycles. The Balaban J connectivity index is 1.49. The first-order chi connectivity index (χ1) is 12.6. The molecule has 2 N–H and O–H groups in total. The number of piperidine rings is 1. The molecule has 1 aromatic rings. The van der Waals surface area contributed by atoms with E-state index in [4.69, 9.17) is 4.74 Å². The Kier molecular flexibility index (Phi) is 6.63. The largest absolute Gasteiger partial charge is 0.480 e. The van der Waals surface area contributed by atoms with Gasteiger partial charge in [-0.25, -0.2) is 4.79 Å². The van der Waals surface area contributed by atoms with Crippen LogP contribution in [-0.2, 0) is 20.7 Å². The molecule has 0 aromatic heterocycles. The van der Waals surface area contributed by atoms with Gasteiger partial charge in [0.05, 0.1) is 0 Å². The molecule has 0 aliphatic carbocycles. The third-order valence-corrected chi connectivity index (χ3v) is 5.50. The van der Waals surface area contributed by atoms with Gasteiger partial charge in [0.25, 0.3) is 0 Å². The number of carboxylic acids is 1. The van der Waals surface area contributed by atoms with Crippen LogP contribution < -0.4 is 5.32 Å². The number of carboxylic acid groups (broad SMARTS) is 1. The standard InChI is InChI=1S/C20H28N2O4/c23-19(21-18(20(24)25)14-15-4-2-1-3-5-15)16-6-10-22(11-7-16)17-8-12-26-13-9-17/h1-5,16-18H,6-14H2,(H,21,23)(H,24,25).